The third-order valence-corrected chi connectivity index (χ3v) is 6.32. The Labute approximate surface area is 200 Å². The Morgan fingerprint density at radius 3 is 2.20 bits per heavy atom. The summed E-state index contributed by atoms with van der Waals surface area (Å²) >= 11 is 0. The van der Waals surface area contributed by atoms with Crippen molar-refractivity contribution in [2.75, 3.05) is 44.7 Å². The predicted molar refractivity (Wildman–Crippen MR) is 138 cm³/mol. The fourth-order valence-corrected chi connectivity index (χ4v) is 4.33. The van der Waals surface area contributed by atoms with E-state index < -0.39 is 0 Å². The molecule has 30 heavy (non-hydrogen) atoms. The highest BCUT2D eigenvalue weighted by molar-refractivity contribution is 14.0. The molecule has 6 nitrogen and oxygen atoms in total. The first-order valence-electron chi connectivity index (χ1n) is 11.5. The summed E-state index contributed by atoms with van der Waals surface area (Å²) in [5, 5.41) is 6.95. The molecule has 0 unspecified atom stereocenters. The van der Waals surface area contributed by atoms with Crippen LogP contribution in [0.2, 0.25) is 0 Å². The number of hydrogen-bond acceptors (Lipinski definition) is 4. The number of piperidine rings is 1. The lowest BCUT2D eigenvalue weighted by molar-refractivity contribution is 0.0982. The molecule has 0 saturated carbocycles. The lowest BCUT2D eigenvalue weighted by Crippen LogP contribution is -2.54. The number of pyridine rings is 1. The predicted octanol–water partition coefficient (Wildman–Crippen LogP) is 4.01. The molecule has 0 spiro atoms. The van der Waals surface area contributed by atoms with E-state index in [1.165, 1.54) is 63.6 Å². The molecule has 2 N–H and O–H groups in total. The molecule has 0 bridgehead atoms. The summed E-state index contributed by atoms with van der Waals surface area (Å²) in [5.41, 5.74) is 1.32. The maximum Gasteiger partial charge on any atom is 0.191 e. The molecule has 2 fully saturated rings. The SMILES string of the molecule is CN=C(NCc1ccc(N2CCCCCC2)nc1)NCC(C)(C)N1CCCCC1.I. The van der Waals surface area contributed by atoms with Crippen LogP contribution in [0.5, 0.6) is 0 Å². The highest BCUT2D eigenvalue weighted by atomic mass is 127. The summed E-state index contributed by atoms with van der Waals surface area (Å²) in [6.07, 6.45) is 11.2. The fraction of sp³-hybridized carbons (Fsp3) is 0.739. The van der Waals surface area contributed by atoms with Crippen molar-refractivity contribution in [3.05, 3.63) is 23.9 Å². The molecule has 170 valence electrons. The Kier molecular flexibility index (Phi) is 10.6. The first kappa shape index (κ1) is 25.2. The minimum atomic E-state index is 0. The van der Waals surface area contributed by atoms with Crippen molar-refractivity contribution in [2.45, 2.75) is 70.9 Å². The van der Waals surface area contributed by atoms with Crippen LogP contribution in [0.25, 0.3) is 0 Å². The Balaban J connectivity index is 0.00000320. The number of aliphatic imine (C=N–C) groups is 1. The van der Waals surface area contributed by atoms with Gasteiger partial charge in [-0.15, -0.1) is 24.0 Å². The summed E-state index contributed by atoms with van der Waals surface area (Å²) in [5.74, 6) is 1.97. The summed E-state index contributed by atoms with van der Waals surface area (Å²) in [6.45, 7) is 10.9. The zero-order valence-electron chi connectivity index (χ0n) is 19.1. The van der Waals surface area contributed by atoms with Gasteiger partial charge in [0.1, 0.15) is 5.82 Å². The molecule has 2 saturated heterocycles. The van der Waals surface area contributed by atoms with E-state index in [0.29, 0.717) is 0 Å². The van der Waals surface area contributed by atoms with Gasteiger partial charge in [-0.25, -0.2) is 4.98 Å². The molecule has 0 aromatic carbocycles. The number of likely N-dealkylation sites (tertiary alicyclic amines) is 1. The van der Waals surface area contributed by atoms with Crippen molar-refractivity contribution in [2.24, 2.45) is 4.99 Å². The van der Waals surface area contributed by atoms with E-state index >= 15 is 0 Å². The summed E-state index contributed by atoms with van der Waals surface area (Å²) in [6, 6.07) is 4.35. The van der Waals surface area contributed by atoms with E-state index in [2.05, 4.69) is 51.4 Å². The summed E-state index contributed by atoms with van der Waals surface area (Å²) in [7, 11) is 1.84. The minimum absolute atomic E-state index is 0. The first-order valence-corrected chi connectivity index (χ1v) is 11.5. The van der Waals surface area contributed by atoms with Crippen molar-refractivity contribution in [1.29, 1.82) is 0 Å². The molecular weight excluding hydrogens is 487 g/mol. The van der Waals surface area contributed by atoms with E-state index in [-0.39, 0.29) is 29.5 Å². The molecule has 7 heteroatoms. The van der Waals surface area contributed by atoms with E-state index in [9.17, 15) is 0 Å². The lowest BCUT2D eigenvalue weighted by atomic mass is 9.98. The van der Waals surface area contributed by atoms with Crippen molar-refractivity contribution in [3.8, 4) is 0 Å². The third-order valence-electron chi connectivity index (χ3n) is 6.32. The van der Waals surface area contributed by atoms with Crippen LogP contribution in [0.3, 0.4) is 0 Å². The van der Waals surface area contributed by atoms with Crippen LogP contribution >= 0.6 is 24.0 Å². The van der Waals surface area contributed by atoms with Gasteiger partial charge in [0.25, 0.3) is 0 Å². The minimum Gasteiger partial charge on any atom is -0.357 e. The van der Waals surface area contributed by atoms with Crippen LogP contribution in [0.4, 0.5) is 5.82 Å². The van der Waals surface area contributed by atoms with Crippen LogP contribution in [-0.4, -0.2) is 61.2 Å². The largest absolute Gasteiger partial charge is 0.357 e. The second-order valence-corrected chi connectivity index (χ2v) is 9.07. The van der Waals surface area contributed by atoms with Crippen LogP contribution in [0.15, 0.2) is 23.3 Å². The average Bonchev–Trinajstić information content (AvgIpc) is 3.04. The quantitative estimate of drug-likeness (QED) is 0.332. The molecule has 0 atom stereocenters. The van der Waals surface area contributed by atoms with Gasteiger partial charge in [-0.05, 0) is 64.3 Å². The molecule has 1 aromatic heterocycles. The maximum absolute atomic E-state index is 4.71. The molecule has 2 aliphatic rings. The second kappa shape index (κ2) is 12.7. The van der Waals surface area contributed by atoms with Crippen molar-refractivity contribution >= 4 is 35.8 Å². The normalized spacial score (nSPS) is 19.0. The van der Waals surface area contributed by atoms with Gasteiger partial charge >= 0.3 is 0 Å². The lowest BCUT2D eigenvalue weighted by Gasteiger charge is -2.41. The highest BCUT2D eigenvalue weighted by Gasteiger charge is 2.27. The van der Waals surface area contributed by atoms with Crippen LogP contribution in [-0.2, 0) is 6.54 Å². The second-order valence-electron chi connectivity index (χ2n) is 9.07. The zero-order chi connectivity index (χ0) is 20.5. The van der Waals surface area contributed by atoms with Gasteiger partial charge in [0.15, 0.2) is 5.96 Å². The van der Waals surface area contributed by atoms with E-state index in [4.69, 9.17) is 4.98 Å². The Hall–Kier alpha value is -1.09. The molecule has 0 radical (unpaired) electrons. The molecule has 1 aromatic rings. The Bertz CT molecular complexity index is 632. The first-order chi connectivity index (χ1) is 14.1. The highest BCUT2D eigenvalue weighted by Crippen LogP contribution is 2.20. The zero-order valence-corrected chi connectivity index (χ0v) is 21.5. The van der Waals surface area contributed by atoms with Gasteiger partial charge in [-0.2, -0.15) is 0 Å². The van der Waals surface area contributed by atoms with Gasteiger partial charge in [-0.1, -0.05) is 25.3 Å². The van der Waals surface area contributed by atoms with Crippen LogP contribution in [0.1, 0.15) is 64.4 Å². The smallest absolute Gasteiger partial charge is 0.191 e. The third kappa shape index (κ3) is 7.55. The fourth-order valence-electron chi connectivity index (χ4n) is 4.33. The maximum atomic E-state index is 4.71. The molecule has 3 heterocycles. The Morgan fingerprint density at radius 2 is 1.60 bits per heavy atom. The van der Waals surface area contributed by atoms with E-state index in [1.807, 2.05) is 13.2 Å². The number of anilines is 1. The summed E-state index contributed by atoms with van der Waals surface area (Å²) in [4.78, 5) is 14.1. The molecule has 2 aliphatic heterocycles. The van der Waals surface area contributed by atoms with Gasteiger partial charge in [-0.3, -0.25) is 9.89 Å². The number of guanidine groups is 1. The van der Waals surface area contributed by atoms with Crippen LogP contribution < -0.4 is 15.5 Å². The topological polar surface area (TPSA) is 55.8 Å². The summed E-state index contributed by atoms with van der Waals surface area (Å²) < 4.78 is 0. The number of nitrogens with zero attached hydrogens (tertiary/aromatic N) is 4. The molecule has 0 amide bonds. The number of aromatic nitrogens is 1. The van der Waals surface area contributed by atoms with Crippen LogP contribution in [0, 0.1) is 0 Å². The number of halogens is 1. The molecule has 0 aliphatic carbocycles. The van der Waals surface area contributed by atoms with Gasteiger partial charge in [0.2, 0.25) is 0 Å². The van der Waals surface area contributed by atoms with Gasteiger partial charge in [0, 0.05) is 45.0 Å². The molecule has 3 rings (SSSR count). The molecular formula is C23H41IN6. The monoisotopic (exact) mass is 528 g/mol. The number of nitrogens with one attached hydrogen (secondary N) is 2. The van der Waals surface area contributed by atoms with E-state index in [0.717, 1.165) is 38.0 Å². The van der Waals surface area contributed by atoms with E-state index in [1.54, 1.807) is 0 Å². The average molecular weight is 529 g/mol. The van der Waals surface area contributed by atoms with Crippen molar-refractivity contribution in [1.82, 2.24) is 20.5 Å². The standard InChI is InChI=1S/C23H40N6.HI/c1-23(2,29-15-9-6-10-16-29)19-27-22(24-3)26-18-20-11-12-21(25-17-20)28-13-7-4-5-8-14-28;/h11-12,17H,4-10,13-16,18-19H2,1-3H3,(H2,24,26,27);1H. The van der Waals surface area contributed by atoms with Crippen molar-refractivity contribution < 1.29 is 0 Å². The number of hydrogen-bond donors (Lipinski definition) is 2. The van der Waals surface area contributed by atoms with Gasteiger partial charge < -0.3 is 15.5 Å². The number of rotatable bonds is 6. The Morgan fingerprint density at radius 1 is 0.967 bits per heavy atom. The van der Waals surface area contributed by atoms with Gasteiger partial charge in [0.05, 0.1) is 0 Å². The van der Waals surface area contributed by atoms with Crippen molar-refractivity contribution in [3.63, 3.8) is 0 Å².